The number of ketones is 1. The van der Waals surface area contributed by atoms with Gasteiger partial charge in [0.15, 0.2) is 11.7 Å². The molecule has 6 nitrogen and oxygen atoms in total. The fourth-order valence-electron chi connectivity index (χ4n) is 1.96. The zero-order valence-electron chi connectivity index (χ0n) is 13.0. The molecule has 9 heteroatoms. The molecule has 0 aliphatic rings. The van der Waals surface area contributed by atoms with Gasteiger partial charge in [0.1, 0.15) is 5.01 Å². The number of thiazole rings is 1. The maximum Gasteiger partial charge on any atom is 0.277 e. The summed E-state index contributed by atoms with van der Waals surface area (Å²) < 4.78 is 5.53. The van der Waals surface area contributed by atoms with Crippen LogP contribution in [-0.2, 0) is 4.79 Å². The summed E-state index contributed by atoms with van der Waals surface area (Å²) in [6.07, 6.45) is 0. The highest BCUT2D eigenvalue weighted by atomic mass is 35.5. The number of benzene rings is 1. The zero-order chi connectivity index (χ0) is 17.8. The number of halogens is 1. The summed E-state index contributed by atoms with van der Waals surface area (Å²) >= 11 is 8.26. The number of hydrogen-bond donors (Lipinski definition) is 0. The van der Waals surface area contributed by atoms with E-state index in [0.29, 0.717) is 15.9 Å². The summed E-state index contributed by atoms with van der Waals surface area (Å²) in [5, 5.41) is 20.3. The lowest BCUT2D eigenvalue weighted by molar-refractivity contribution is -0.116. The standard InChI is InChI=1S/C16H11ClN4O2S2/c1-9-7-24-15(19-9)12(6-18)13(22)8-25-16-21-20-14(23-16)10-2-4-11(17)5-3-10/h2-5,7,12H,8H2,1H3/t12-/m0/s1. The number of hydrogen-bond acceptors (Lipinski definition) is 8. The topological polar surface area (TPSA) is 92.7 Å². The molecule has 0 bridgehead atoms. The van der Waals surface area contributed by atoms with Crippen molar-refractivity contribution in [3.05, 3.63) is 45.4 Å². The van der Waals surface area contributed by atoms with E-state index in [-0.39, 0.29) is 16.8 Å². The van der Waals surface area contributed by atoms with Crippen molar-refractivity contribution in [3.63, 3.8) is 0 Å². The lowest BCUT2D eigenvalue weighted by Crippen LogP contribution is -2.13. The average Bonchev–Trinajstić information content (AvgIpc) is 3.24. The molecule has 1 aromatic carbocycles. The molecule has 0 unspecified atom stereocenters. The fourth-order valence-corrected chi connectivity index (χ4v) is 3.62. The minimum atomic E-state index is -0.871. The minimum Gasteiger partial charge on any atom is -0.411 e. The van der Waals surface area contributed by atoms with Gasteiger partial charge >= 0.3 is 0 Å². The Morgan fingerprint density at radius 1 is 1.40 bits per heavy atom. The number of aryl methyl sites for hydroxylation is 1. The maximum absolute atomic E-state index is 12.3. The molecule has 0 aliphatic carbocycles. The summed E-state index contributed by atoms with van der Waals surface area (Å²) in [5.74, 6) is -0.712. The van der Waals surface area contributed by atoms with Crippen LogP contribution in [0.2, 0.25) is 5.02 Å². The van der Waals surface area contributed by atoms with Gasteiger partial charge in [0.05, 0.1) is 11.8 Å². The number of carbonyl (C=O) groups excluding carboxylic acids is 1. The third-order valence-electron chi connectivity index (χ3n) is 3.17. The molecule has 0 saturated carbocycles. The van der Waals surface area contributed by atoms with Crippen molar-refractivity contribution in [3.8, 4) is 17.5 Å². The second kappa shape index (κ2) is 7.78. The Morgan fingerprint density at radius 3 is 2.80 bits per heavy atom. The fraction of sp³-hybridized carbons (Fsp3) is 0.188. The molecule has 0 aliphatic heterocycles. The predicted molar refractivity (Wildman–Crippen MR) is 95.7 cm³/mol. The molecule has 0 radical (unpaired) electrons. The van der Waals surface area contributed by atoms with Crippen molar-refractivity contribution in [1.29, 1.82) is 5.26 Å². The van der Waals surface area contributed by atoms with Gasteiger partial charge in [0.25, 0.3) is 5.22 Å². The van der Waals surface area contributed by atoms with Crippen LogP contribution in [0.15, 0.2) is 39.3 Å². The van der Waals surface area contributed by atoms with Gasteiger partial charge in [-0.2, -0.15) is 5.26 Å². The first-order valence-corrected chi connectivity index (χ1v) is 9.37. The van der Waals surface area contributed by atoms with Gasteiger partial charge in [0, 0.05) is 21.7 Å². The van der Waals surface area contributed by atoms with Crippen LogP contribution in [-0.4, -0.2) is 26.7 Å². The van der Waals surface area contributed by atoms with Crippen LogP contribution in [0.4, 0.5) is 0 Å². The molecule has 2 heterocycles. The average molecular weight is 391 g/mol. The molecule has 2 aromatic heterocycles. The number of nitrogens with zero attached hydrogens (tertiary/aromatic N) is 4. The number of carbonyl (C=O) groups is 1. The van der Waals surface area contributed by atoms with Crippen LogP contribution < -0.4 is 0 Å². The lowest BCUT2D eigenvalue weighted by atomic mass is 10.1. The summed E-state index contributed by atoms with van der Waals surface area (Å²) in [5.41, 5.74) is 1.54. The van der Waals surface area contributed by atoms with Gasteiger partial charge in [-0.25, -0.2) is 4.98 Å². The Hall–Kier alpha value is -2.21. The number of Topliss-reactive ketones (excluding diaryl/α,β-unsaturated/α-hetero) is 1. The monoisotopic (exact) mass is 390 g/mol. The molecule has 126 valence electrons. The Bertz CT molecular complexity index is 930. The summed E-state index contributed by atoms with van der Waals surface area (Å²) in [6.45, 7) is 1.82. The van der Waals surface area contributed by atoms with Crippen LogP contribution in [0, 0.1) is 18.3 Å². The first kappa shape index (κ1) is 17.6. The van der Waals surface area contributed by atoms with Crippen molar-refractivity contribution < 1.29 is 9.21 Å². The van der Waals surface area contributed by atoms with Gasteiger partial charge in [-0.1, -0.05) is 23.4 Å². The van der Waals surface area contributed by atoms with E-state index < -0.39 is 5.92 Å². The van der Waals surface area contributed by atoms with Crippen molar-refractivity contribution in [1.82, 2.24) is 15.2 Å². The molecule has 0 saturated heterocycles. The van der Waals surface area contributed by atoms with E-state index in [9.17, 15) is 10.1 Å². The van der Waals surface area contributed by atoms with E-state index in [1.165, 1.54) is 11.3 Å². The summed E-state index contributed by atoms with van der Waals surface area (Å²) in [4.78, 5) is 16.5. The highest BCUT2D eigenvalue weighted by Gasteiger charge is 2.24. The first-order chi connectivity index (χ1) is 12.1. The highest BCUT2D eigenvalue weighted by Crippen LogP contribution is 2.27. The molecular formula is C16H11ClN4O2S2. The SMILES string of the molecule is Cc1csc([C@@H](C#N)C(=O)CSc2nnc(-c3ccc(Cl)cc3)o2)n1. The molecule has 0 N–H and O–H groups in total. The first-order valence-electron chi connectivity index (χ1n) is 7.13. The van der Waals surface area contributed by atoms with Gasteiger partial charge in [-0.15, -0.1) is 21.5 Å². The van der Waals surface area contributed by atoms with Gasteiger partial charge < -0.3 is 4.42 Å². The van der Waals surface area contributed by atoms with Gasteiger partial charge in [-0.05, 0) is 31.2 Å². The predicted octanol–water partition coefficient (Wildman–Crippen LogP) is 4.12. The molecule has 0 amide bonds. The summed E-state index contributed by atoms with van der Waals surface area (Å²) in [6, 6.07) is 9.00. The van der Waals surface area contributed by atoms with Crippen LogP contribution >= 0.6 is 34.7 Å². The minimum absolute atomic E-state index is 0.0547. The Kier molecular flexibility index (Phi) is 5.48. The third-order valence-corrected chi connectivity index (χ3v) is 5.29. The second-order valence-electron chi connectivity index (χ2n) is 5.02. The van der Waals surface area contributed by atoms with Crippen LogP contribution in [0.1, 0.15) is 16.6 Å². The highest BCUT2D eigenvalue weighted by molar-refractivity contribution is 7.99. The van der Waals surface area contributed by atoms with E-state index in [1.807, 2.05) is 18.4 Å². The molecule has 1 atom stereocenters. The van der Waals surface area contributed by atoms with Crippen molar-refractivity contribution in [2.45, 2.75) is 18.1 Å². The Morgan fingerprint density at radius 2 is 2.16 bits per heavy atom. The van der Waals surface area contributed by atoms with Crippen molar-refractivity contribution >= 4 is 40.5 Å². The molecule has 3 aromatic rings. The van der Waals surface area contributed by atoms with E-state index in [4.69, 9.17) is 16.0 Å². The lowest BCUT2D eigenvalue weighted by Gasteiger charge is -2.02. The van der Waals surface area contributed by atoms with Crippen LogP contribution in [0.5, 0.6) is 0 Å². The number of thioether (sulfide) groups is 1. The van der Waals surface area contributed by atoms with E-state index >= 15 is 0 Å². The number of rotatable bonds is 6. The van der Waals surface area contributed by atoms with Crippen molar-refractivity contribution in [2.24, 2.45) is 0 Å². The zero-order valence-corrected chi connectivity index (χ0v) is 15.4. The molecule has 0 spiro atoms. The largest absolute Gasteiger partial charge is 0.411 e. The smallest absolute Gasteiger partial charge is 0.277 e. The second-order valence-corrected chi connectivity index (χ2v) is 7.28. The summed E-state index contributed by atoms with van der Waals surface area (Å²) in [7, 11) is 0. The quantitative estimate of drug-likeness (QED) is 0.584. The number of aromatic nitrogens is 3. The van der Waals surface area contributed by atoms with Gasteiger partial charge in [-0.3, -0.25) is 4.79 Å². The maximum atomic E-state index is 12.3. The normalized spacial score (nSPS) is 11.9. The molecule has 25 heavy (non-hydrogen) atoms. The van der Waals surface area contributed by atoms with E-state index in [2.05, 4.69) is 15.2 Å². The van der Waals surface area contributed by atoms with Crippen LogP contribution in [0.3, 0.4) is 0 Å². The third kappa shape index (κ3) is 4.25. The Balaban J connectivity index is 1.64. The number of nitriles is 1. The molecule has 3 rings (SSSR count). The van der Waals surface area contributed by atoms with Crippen LogP contribution in [0.25, 0.3) is 11.5 Å². The van der Waals surface area contributed by atoms with E-state index in [1.54, 1.807) is 24.3 Å². The molecular weight excluding hydrogens is 380 g/mol. The Labute approximate surface area is 156 Å². The van der Waals surface area contributed by atoms with Crippen molar-refractivity contribution in [2.75, 3.05) is 5.75 Å². The molecule has 0 fully saturated rings. The van der Waals surface area contributed by atoms with E-state index in [0.717, 1.165) is 23.0 Å². The van der Waals surface area contributed by atoms with Gasteiger partial charge in [0.2, 0.25) is 5.89 Å².